The van der Waals surface area contributed by atoms with Crippen molar-refractivity contribution in [2.24, 2.45) is 5.92 Å². The zero-order valence-corrected chi connectivity index (χ0v) is 13.3. The van der Waals surface area contributed by atoms with Gasteiger partial charge in [0.05, 0.1) is 31.5 Å². The number of aromatic nitrogens is 2. The van der Waals surface area contributed by atoms with Crippen LogP contribution < -0.4 is 5.48 Å². The summed E-state index contributed by atoms with van der Waals surface area (Å²) < 4.78 is 6.92. The lowest BCUT2D eigenvalue weighted by molar-refractivity contribution is 0.0145. The maximum atomic E-state index is 12.0. The Labute approximate surface area is 139 Å². The van der Waals surface area contributed by atoms with Crippen LogP contribution in [0.3, 0.4) is 0 Å². The van der Waals surface area contributed by atoms with Crippen LogP contribution in [0.25, 0.3) is 0 Å². The molecule has 0 spiro atoms. The first kappa shape index (κ1) is 16.0. The SMILES string of the molecule is O=C(NOCC1CCOC1)c1cnn(Cc2ccccc2Cl)c1. The lowest BCUT2D eigenvalue weighted by Gasteiger charge is -2.08. The van der Waals surface area contributed by atoms with Crippen LogP contribution in [0.5, 0.6) is 0 Å². The van der Waals surface area contributed by atoms with E-state index in [1.807, 2.05) is 24.3 Å². The first-order chi connectivity index (χ1) is 11.2. The summed E-state index contributed by atoms with van der Waals surface area (Å²) in [6, 6.07) is 7.55. The molecular formula is C16H18ClN3O3. The van der Waals surface area contributed by atoms with Crippen LogP contribution in [0.2, 0.25) is 5.02 Å². The number of nitrogens with zero attached hydrogens (tertiary/aromatic N) is 2. The summed E-state index contributed by atoms with van der Waals surface area (Å²) in [4.78, 5) is 17.2. The van der Waals surface area contributed by atoms with E-state index in [2.05, 4.69) is 10.6 Å². The molecule has 122 valence electrons. The fourth-order valence-electron chi connectivity index (χ4n) is 2.37. The average molecular weight is 336 g/mol. The quantitative estimate of drug-likeness (QED) is 0.823. The first-order valence-electron chi connectivity index (χ1n) is 7.48. The number of carbonyl (C=O) groups excluding carboxylic acids is 1. The standard InChI is InChI=1S/C16H18ClN3O3/c17-15-4-2-1-3-13(15)8-20-9-14(7-18-20)16(21)19-23-11-12-5-6-22-10-12/h1-4,7,9,12H,5-6,8,10-11H2,(H,19,21). The summed E-state index contributed by atoms with van der Waals surface area (Å²) in [5.74, 6) is 0.0348. The Bertz CT molecular complexity index is 668. The highest BCUT2D eigenvalue weighted by Gasteiger charge is 2.17. The van der Waals surface area contributed by atoms with Crippen LogP contribution in [0, 0.1) is 5.92 Å². The van der Waals surface area contributed by atoms with E-state index in [9.17, 15) is 4.79 Å². The number of amides is 1. The molecule has 0 saturated carbocycles. The molecule has 3 rings (SSSR count). The summed E-state index contributed by atoms with van der Waals surface area (Å²) in [5.41, 5.74) is 3.83. The van der Waals surface area contributed by atoms with Crippen molar-refractivity contribution in [2.75, 3.05) is 19.8 Å². The molecule has 1 N–H and O–H groups in total. The molecule has 1 amide bonds. The monoisotopic (exact) mass is 335 g/mol. The van der Waals surface area contributed by atoms with Crippen molar-refractivity contribution < 1.29 is 14.4 Å². The molecule has 2 heterocycles. The van der Waals surface area contributed by atoms with Crippen molar-refractivity contribution in [2.45, 2.75) is 13.0 Å². The molecule has 0 radical (unpaired) electrons. The third kappa shape index (κ3) is 4.31. The van der Waals surface area contributed by atoms with Gasteiger partial charge in [-0.2, -0.15) is 5.10 Å². The molecule has 23 heavy (non-hydrogen) atoms. The number of benzene rings is 1. The second-order valence-electron chi connectivity index (χ2n) is 5.49. The smallest absolute Gasteiger partial charge is 0.278 e. The summed E-state index contributed by atoms with van der Waals surface area (Å²) in [6.45, 7) is 2.41. The van der Waals surface area contributed by atoms with Gasteiger partial charge < -0.3 is 4.74 Å². The van der Waals surface area contributed by atoms with E-state index in [0.717, 1.165) is 18.6 Å². The lowest BCUT2D eigenvalue weighted by atomic mass is 10.1. The zero-order valence-electron chi connectivity index (χ0n) is 12.6. The van der Waals surface area contributed by atoms with Crippen molar-refractivity contribution in [3.05, 3.63) is 52.8 Å². The van der Waals surface area contributed by atoms with Gasteiger partial charge in [0.25, 0.3) is 5.91 Å². The molecule has 1 unspecified atom stereocenters. The second kappa shape index (κ2) is 7.59. The van der Waals surface area contributed by atoms with Crippen LogP contribution in [0.1, 0.15) is 22.3 Å². The first-order valence-corrected chi connectivity index (χ1v) is 7.86. The minimum atomic E-state index is -0.311. The number of hydrogen-bond acceptors (Lipinski definition) is 4. The van der Waals surface area contributed by atoms with Gasteiger partial charge in [0.2, 0.25) is 0 Å². The van der Waals surface area contributed by atoms with Crippen molar-refractivity contribution in [3.63, 3.8) is 0 Å². The highest BCUT2D eigenvalue weighted by atomic mass is 35.5. The minimum Gasteiger partial charge on any atom is -0.381 e. The van der Waals surface area contributed by atoms with Crippen LogP contribution in [-0.4, -0.2) is 35.5 Å². The second-order valence-corrected chi connectivity index (χ2v) is 5.90. The Morgan fingerprint density at radius 2 is 2.35 bits per heavy atom. The van der Waals surface area contributed by atoms with Crippen LogP contribution in [0.4, 0.5) is 0 Å². The van der Waals surface area contributed by atoms with E-state index < -0.39 is 0 Å². The molecule has 1 aromatic heterocycles. The Morgan fingerprint density at radius 1 is 1.48 bits per heavy atom. The predicted molar refractivity (Wildman–Crippen MR) is 85.1 cm³/mol. The largest absolute Gasteiger partial charge is 0.381 e. The predicted octanol–water partition coefficient (Wildman–Crippen LogP) is 2.28. The van der Waals surface area contributed by atoms with Gasteiger partial charge >= 0.3 is 0 Å². The van der Waals surface area contributed by atoms with Crippen LogP contribution >= 0.6 is 11.6 Å². The Balaban J connectivity index is 1.51. The van der Waals surface area contributed by atoms with E-state index in [1.165, 1.54) is 6.20 Å². The number of hydrogen-bond donors (Lipinski definition) is 1. The lowest BCUT2D eigenvalue weighted by Crippen LogP contribution is -2.26. The number of hydroxylamine groups is 1. The van der Waals surface area contributed by atoms with Crippen molar-refractivity contribution in [3.8, 4) is 0 Å². The van der Waals surface area contributed by atoms with Gasteiger partial charge in [-0.1, -0.05) is 29.8 Å². The topological polar surface area (TPSA) is 65.4 Å². The molecule has 1 aromatic carbocycles. The van der Waals surface area contributed by atoms with Gasteiger partial charge in [0, 0.05) is 23.7 Å². The average Bonchev–Trinajstić information content (AvgIpc) is 3.21. The fraction of sp³-hybridized carbons (Fsp3) is 0.375. The van der Waals surface area contributed by atoms with E-state index in [1.54, 1.807) is 10.9 Å². The summed E-state index contributed by atoms with van der Waals surface area (Å²) in [6.07, 6.45) is 4.14. The van der Waals surface area contributed by atoms with Crippen molar-refractivity contribution in [1.82, 2.24) is 15.3 Å². The zero-order chi connectivity index (χ0) is 16.1. The van der Waals surface area contributed by atoms with E-state index in [4.69, 9.17) is 21.2 Å². The summed E-state index contributed by atoms with van der Waals surface area (Å²) in [5, 5.41) is 4.86. The van der Waals surface area contributed by atoms with Crippen molar-refractivity contribution >= 4 is 17.5 Å². The molecule has 1 saturated heterocycles. The van der Waals surface area contributed by atoms with Gasteiger partial charge in [-0.05, 0) is 18.1 Å². The highest BCUT2D eigenvalue weighted by molar-refractivity contribution is 6.31. The molecule has 1 aliphatic heterocycles. The van der Waals surface area contributed by atoms with Gasteiger partial charge in [-0.25, -0.2) is 5.48 Å². The maximum absolute atomic E-state index is 12.0. The van der Waals surface area contributed by atoms with E-state index in [0.29, 0.717) is 36.3 Å². The highest BCUT2D eigenvalue weighted by Crippen LogP contribution is 2.16. The molecule has 1 aliphatic rings. The molecule has 2 aromatic rings. The normalized spacial score (nSPS) is 17.3. The number of carbonyl (C=O) groups is 1. The number of ether oxygens (including phenoxy) is 1. The van der Waals surface area contributed by atoms with Gasteiger partial charge in [-0.3, -0.25) is 14.3 Å². The molecular weight excluding hydrogens is 318 g/mol. The van der Waals surface area contributed by atoms with Gasteiger partial charge in [0.1, 0.15) is 0 Å². The Kier molecular flexibility index (Phi) is 5.27. The molecule has 1 atom stereocenters. The molecule has 1 fully saturated rings. The summed E-state index contributed by atoms with van der Waals surface area (Å²) in [7, 11) is 0. The maximum Gasteiger partial charge on any atom is 0.278 e. The summed E-state index contributed by atoms with van der Waals surface area (Å²) >= 11 is 6.12. The molecule has 6 nitrogen and oxygen atoms in total. The number of rotatable bonds is 6. The third-order valence-electron chi connectivity index (χ3n) is 3.69. The fourth-order valence-corrected chi connectivity index (χ4v) is 2.56. The molecule has 7 heteroatoms. The van der Waals surface area contributed by atoms with Crippen LogP contribution in [0.15, 0.2) is 36.7 Å². The number of halogens is 1. The van der Waals surface area contributed by atoms with Crippen LogP contribution in [-0.2, 0) is 16.1 Å². The van der Waals surface area contributed by atoms with E-state index in [-0.39, 0.29) is 5.91 Å². The van der Waals surface area contributed by atoms with Crippen molar-refractivity contribution in [1.29, 1.82) is 0 Å². The molecule has 0 aliphatic carbocycles. The molecule has 0 bridgehead atoms. The third-order valence-corrected chi connectivity index (χ3v) is 4.06. The van der Waals surface area contributed by atoms with E-state index >= 15 is 0 Å². The Morgan fingerprint density at radius 3 is 3.13 bits per heavy atom. The minimum absolute atomic E-state index is 0.311. The Hall–Kier alpha value is -1.89. The number of nitrogens with one attached hydrogen (secondary N) is 1. The van der Waals surface area contributed by atoms with Gasteiger partial charge in [-0.15, -0.1) is 0 Å². The van der Waals surface area contributed by atoms with Gasteiger partial charge in [0.15, 0.2) is 0 Å².